The minimum Gasteiger partial charge on any atom is -0.508 e. The molecule has 12 nitrogen and oxygen atoms in total. The van der Waals surface area contributed by atoms with Gasteiger partial charge in [-0.3, -0.25) is 4.79 Å². The molecule has 92 heavy (non-hydrogen) atoms. The number of carbonyl (C=O) groups excluding carboxylic acids is 3. The van der Waals surface area contributed by atoms with Crippen LogP contribution in [-0.2, 0) is 63.2 Å². The molecule has 0 spiro atoms. The monoisotopic (exact) mass is 1530 g/mol. The maximum atomic E-state index is 12.4. The van der Waals surface area contributed by atoms with Gasteiger partial charge in [0.1, 0.15) is 51.7 Å². The van der Waals surface area contributed by atoms with Crippen LogP contribution in [0.2, 0.25) is 0 Å². The van der Waals surface area contributed by atoms with Gasteiger partial charge in [-0.1, -0.05) is 155 Å². The molecular weight excluding hydrogens is 1420 g/mol. The first-order chi connectivity index (χ1) is 42.8. The summed E-state index contributed by atoms with van der Waals surface area (Å²) in [7, 11) is 2.58. The second-order valence-electron chi connectivity index (χ2n) is 24.4. The van der Waals surface area contributed by atoms with E-state index in [1.807, 2.05) is 65.7 Å². The summed E-state index contributed by atoms with van der Waals surface area (Å²) in [6.07, 6.45) is 24.1. The fourth-order valence-corrected chi connectivity index (χ4v) is 12.1. The van der Waals surface area contributed by atoms with E-state index in [2.05, 4.69) is 129 Å². The second kappa shape index (κ2) is 44.3. The van der Waals surface area contributed by atoms with Gasteiger partial charge in [-0.25, -0.2) is 12.0 Å². The van der Waals surface area contributed by atoms with Crippen LogP contribution in [0.3, 0.4) is 0 Å². The molecule has 15 heteroatoms. The maximum Gasteiger partial charge on any atom is 0.341 e. The number of aromatic hydroxyl groups is 6. The largest absolute Gasteiger partial charge is 0.508 e. The van der Waals surface area contributed by atoms with Crippen molar-refractivity contribution in [1.82, 2.24) is 0 Å². The molecule has 0 aliphatic heterocycles. The van der Waals surface area contributed by atoms with E-state index in [-0.39, 0.29) is 113 Å². The molecule has 1 unspecified atom stereocenters. The Morgan fingerprint density at radius 1 is 0.543 bits per heavy atom. The van der Waals surface area contributed by atoms with Crippen LogP contribution in [0.4, 0.5) is 0 Å². The normalized spacial score (nSPS) is 17.9. The molecule has 3 aliphatic carbocycles. The molecule has 6 N–H and O–H groups in total. The Kier molecular flexibility index (Phi) is 40.7. The topological polar surface area (TPSA) is 200 Å². The van der Waals surface area contributed by atoms with E-state index in [0.29, 0.717) is 41.5 Å². The SMILES string of the molecule is C=C(C)[C@@H]1CCC(C)=CC1OC(=O)Cc1ccccc1.C=C(C)[C@@H]1CCC(C)=C[C@H]1c1c(O)cc(CCCCC)c(C(=O)OC)c1O.C=C(C)[C@@H]1CCC(C)=C[C@H]1c1c(O)cc(CCCCC)cc1O.CCCCCc1cc(O)cc(O)c1C(=O)OC.I[CH-]I.[CH3-].[V]. The predicted molar refractivity (Wildman–Crippen MR) is 390 cm³/mol. The molecule has 1 radical (unpaired) electrons. The van der Waals surface area contributed by atoms with E-state index in [4.69, 9.17) is 9.47 Å². The third-order valence-electron chi connectivity index (χ3n) is 16.9. The summed E-state index contributed by atoms with van der Waals surface area (Å²) in [5.74, 6) is -0.806. The van der Waals surface area contributed by atoms with Crippen LogP contribution in [0, 0.1) is 27.6 Å². The summed E-state index contributed by atoms with van der Waals surface area (Å²) in [5, 5.41) is 62.0. The predicted octanol–water partition coefficient (Wildman–Crippen LogP) is 20.6. The number of phenols is 6. The average molecular weight is 1530 g/mol. The second-order valence-corrected chi connectivity index (χ2v) is 28.0. The van der Waals surface area contributed by atoms with Crippen molar-refractivity contribution >= 4 is 63.1 Å². The molecule has 4 aromatic carbocycles. The Labute approximate surface area is 591 Å². The van der Waals surface area contributed by atoms with E-state index >= 15 is 0 Å². The Hall–Kier alpha value is -5.43. The smallest absolute Gasteiger partial charge is 0.341 e. The summed E-state index contributed by atoms with van der Waals surface area (Å²) in [6, 6.07) is 17.6. The van der Waals surface area contributed by atoms with Gasteiger partial charge in [0.2, 0.25) is 0 Å². The van der Waals surface area contributed by atoms with Gasteiger partial charge in [0.05, 0.1) is 20.6 Å². The number of esters is 3. The zero-order chi connectivity index (χ0) is 67.2. The Morgan fingerprint density at radius 3 is 1.41 bits per heavy atom. The summed E-state index contributed by atoms with van der Waals surface area (Å²) in [6.45, 7) is 30.9. The van der Waals surface area contributed by atoms with E-state index in [1.165, 1.54) is 49.8 Å². The van der Waals surface area contributed by atoms with Gasteiger partial charge >= 0.3 is 17.9 Å². The number of methoxy groups -OCH3 is 2. The number of allylic oxidation sites excluding steroid dienone is 7. The molecule has 7 rings (SSSR count). The van der Waals surface area contributed by atoms with Crippen LogP contribution in [0.1, 0.15) is 225 Å². The van der Waals surface area contributed by atoms with Crippen LogP contribution in [0.25, 0.3) is 0 Å². The molecule has 0 aromatic heterocycles. The van der Waals surface area contributed by atoms with Crippen LogP contribution >= 0.6 is 45.2 Å². The molecule has 0 amide bonds. The summed E-state index contributed by atoms with van der Waals surface area (Å²) >= 11 is 4.30. The summed E-state index contributed by atoms with van der Waals surface area (Å²) in [5.41, 5.74) is 11.7. The van der Waals surface area contributed by atoms with Crippen molar-refractivity contribution in [2.24, 2.45) is 17.8 Å². The third-order valence-corrected chi connectivity index (χ3v) is 16.9. The number of unbranched alkanes of at least 4 members (excludes halogenated alkanes) is 6. The molecule has 0 bridgehead atoms. The standard InChI is InChI=1S/C23H32O4.C21H30O2.C18H22O2.C13H18O4.CHI2.CH3.V/c1-6-7-8-9-16-13-19(24)21(22(25)20(16)23(26)27-5)18-12-15(4)10-11-17(18)14(2)3;1-5-6-7-8-16-12-19(22)21(20(23)13-16)18-11-15(4)9-10-17(18)14(2)3;1-13(2)16-10-9-14(3)11-17(16)20-18(19)12-15-7-5-4-6-8-15;1-3-4-5-6-9-7-10(14)8-11(15)12(9)13(16)17-2;2-1-3;;/h12-13,17-18,24-25H,2,6-11H2,1,3-5H3;11-13,17-18,22-23H,2,5-10H2,1,3-4H3;4-8,11,16-17H,1,9-10,12H2,2-3H3;7-8,14-15H,3-6H2,1-2H3;1H;1H3;/q;;;;2*-1;/t2*17-,18+;16-,17?;;;;/m000..../s1. The van der Waals surface area contributed by atoms with Crippen LogP contribution in [0.5, 0.6) is 34.5 Å². The number of aryl methyl sites for hydroxylation is 3. The number of halogens is 2. The quantitative estimate of drug-likeness (QED) is 0.0109. The van der Waals surface area contributed by atoms with Gasteiger partial charge in [0.15, 0.2) is 0 Å². The van der Waals surface area contributed by atoms with Crippen molar-refractivity contribution in [1.29, 1.82) is 0 Å². The van der Waals surface area contributed by atoms with Crippen molar-refractivity contribution < 1.29 is 77.8 Å². The molecule has 4 aromatic rings. The number of hydrogen-bond donors (Lipinski definition) is 6. The molecule has 0 saturated heterocycles. The molecule has 6 atom stereocenters. The molecule has 0 saturated carbocycles. The number of benzene rings is 4. The van der Waals surface area contributed by atoms with Gasteiger partial charge in [-0.05, 0) is 183 Å². The van der Waals surface area contributed by atoms with Gasteiger partial charge in [-0.2, -0.15) is 0 Å². The molecule has 0 heterocycles. The Balaban J connectivity index is 0.000000607. The number of hydrogen-bond acceptors (Lipinski definition) is 12. The maximum absolute atomic E-state index is 12.4. The molecule has 507 valence electrons. The Morgan fingerprint density at radius 2 is 0.957 bits per heavy atom. The molecule has 3 aliphatic rings. The third kappa shape index (κ3) is 26.8. The van der Waals surface area contributed by atoms with Crippen LogP contribution in [0.15, 0.2) is 132 Å². The first-order valence-corrected chi connectivity index (χ1v) is 34.4. The van der Waals surface area contributed by atoms with E-state index in [0.717, 1.165) is 124 Å². The number of rotatable bonds is 22. The zero-order valence-corrected chi connectivity index (χ0v) is 62.7. The summed E-state index contributed by atoms with van der Waals surface area (Å²) in [4.78, 5) is 36.0. The minimum absolute atomic E-state index is 0. The minimum atomic E-state index is -0.575. The number of ether oxygens (including phenoxy) is 3. The van der Waals surface area contributed by atoms with Crippen LogP contribution in [-0.4, -0.2) is 68.9 Å². The number of carbonyl (C=O) groups is 3. The van der Waals surface area contributed by atoms with Crippen molar-refractivity contribution in [3.8, 4) is 34.5 Å². The van der Waals surface area contributed by atoms with Gasteiger partial charge in [-0.15, -0.1) is 0 Å². The van der Waals surface area contributed by atoms with E-state index in [1.54, 1.807) is 6.07 Å². The van der Waals surface area contributed by atoms with Crippen molar-refractivity contribution in [3.05, 3.63) is 186 Å². The van der Waals surface area contributed by atoms with E-state index in [9.17, 15) is 45.0 Å². The van der Waals surface area contributed by atoms with Gasteiger partial charge in [0, 0.05) is 53.5 Å². The molecular formula is C77H106I2O12V-2. The summed E-state index contributed by atoms with van der Waals surface area (Å²) < 4.78 is 17.2. The van der Waals surface area contributed by atoms with Crippen molar-refractivity contribution in [2.75, 3.05) is 14.2 Å². The molecule has 0 fully saturated rings. The van der Waals surface area contributed by atoms with Crippen molar-refractivity contribution in [3.63, 3.8) is 0 Å². The van der Waals surface area contributed by atoms with Gasteiger partial charge in [0.25, 0.3) is 0 Å². The Bertz CT molecular complexity index is 3080. The van der Waals surface area contributed by atoms with Crippen molar-refractivity contribution in [2.45, 2.75) is 202 Å². The van der Waals surface area contributed by atoms with Crippen LogP contribution < -0.4 is 0 Å². The zero-order valence-electron chi connectivity index (χ0n) is 56.9. The average Bonchev–Trinajstić information content (AvgIpc) is 0.793. The van der Waals surface area contributed by atoms with E-state index < -0.39 is 11.9 Å². The first kappa shape index (κ1) is 84.6. The first-order valence-electron chi connectivity index (χ1n) is 31.9. The fourth-order valence-electron chi connectivity index (χ4n) is 12.1. The fraction of sp³-hybridized carbons (Fsp3) is 0.468. The number of phenolic OH excluding ortho intramolecular Hbond substituents is 6. The van der Waals surface area contributed by atoms with Gasteiger partial charge < -0.3 is 97.5 Å².